The van der Waals surface area contributed by atoms with Crippen LogP contribution < -0.4 is 0 Å². The van der Waals surface area contributed by atoms with Crippen LogP contribution in [0.2, 0.25) is 6.32 Å². The fraction of sp³-hybridized carbons (Fsp3) is 1.00. The summed E-state index contributed by atoms with van der Waals surface area (Å²) in [5.41, 5.74) is 0. The highest BCUT2D eigenvalue weighted by atomic mass is 19.1. The van der Waals surface area contributed by atoms with Gasteiger partial charge in [0.2, 0.25) is 0 Å². The molecule has 0 heterocycles. The van der Waals surface area contributed by atoms with Crippen LogP contribution in [-0.4, -0.2) is 7.56 Å². The van der Waals surface area contributed by atoms with Gasteiger partial charge in [-0.15, -0.1) is 0 Å². The highest BCUT2D eigenvalue weighted by Gasteiger charge is 1.69. The van der Waals surface area contributed by atoms with E-state index in [1.54, 1.807) is 6.92 Å². The molecule has 0 aromatic heterocycles. The predicted molar refractivity (Wildman–Crippen MR) is 18.7 cm³/mol. The fourth-order valence-electron chi connectivity index (χ4n) is 0. The van der Waals surface area contributed by atoms with Crippen molar-refractivity contribution in [1.29, 1.82) is 0 Å². The molecule has 0 rings (SSSR count). The molecule has 0 aromatic carbocycles. The first-order valence-corrected chi connectivity index (χ1v) is 1.47. The van der Waals surface area contributed by atoms with E-state index in [2.05, 4.69) is 0 Å². The van der Waals surface area contributed by atoms with Gasteiger partial charge in [-0.3, -0.25) is 0 Å². The van der Waals surface area contributed by atoms with Crippen LogP contribution in [0.15, 0.2) is 0 Å². The molecule has 0 saturated carbocycles. The Morgan fingerprint density at radius 3 is 2.25 bits per heavy atom. The number of rotatable bonds is 1. The Kier molecular flexibility index (Phi) is 2.99. The Morgan fingerprint density at radius 2 is 2.25 bits per heavy atom. The van der Waals surface area contributed by atoms with Crippen LogP contribution in [-0.2, 0) is 0 Å². The Labute approximate surface area is 26.3 Å². The van der Waals surface area contributed by atoms with Gasteiger partial charge in [-0.05, 0) is 6.32 Å². The summed E-state index contributed by atoms with van der Waals surface area (Å²) in [4.78, 5) is 0. The molecular weight excluding hydrogens is 53.8 g/mol. The summed E-state index contributed by atoms with van der Waals surface area (Å²) in [6.07, 6.45) is 0.653. The van der Waals surface area contributed by atoms with E-state index < -0.39 is 0 Å². The van der Waals surface area contributed by atoms with E-state index in [0.29, 0.717) is 6.32 Å². The van der Waals surface area contributed by atoms with Crippen LogP contribution in [0.3, 0.4) is 0 Å². The summed E-state index contributed by atoms with van der Waals surface area (Å²) in [5.74, 6) is 0. The smallest absolute Gasteiger partial charge is 0.331 e. The van der Waals surface area contributed by atoms with Gasteiger partial charge in [-0.1, -0.05) is 6.92 Å². The van der Waals surface area contributed by atoms with Crippen molar-refractivity contribution in [3.05, 3.63) is 0 Å². The van der Waals surface area contributed by atoms with Crippen molar-refractivity contribution in [2.75, 3.05) is 0 Å². The average Bonchev–Trinajstić information content (AvgIpc) is 1.37. The Balaban J connectivity index is 1.97. The lowest BCUT2D eigenvalue weighted by molar-refractivity contribution is 0.863. The summed E-state index contributed by atoms with van der Waals surface area (Å²) in [6.45, 7) is 1.81. The predicted octanol–water partition coefficient (Wildman–Crippen LogP) is 0.746. The van der Waals surface area contributed by atoms with Crippen molar-refractivity contribution < 1.29 is 4.32 Å². The molecule has 2 heteroatoms. The maximum absolute atomic E-state index is 10.7. The zero-order chi connectivity index (χ0) is 3.41. The molecule has 0 saturated heterocycles. The van der Waals surface area contributed by atoms with Crippen molar-refractivity contribution in [1.82, 2.24) is 0 Å². The van der Waals surface area contributed by atoms with Gasteiger partial charge in [-0.2, -0.15) is 0 Å². The summed E-state index contributed by atoms with van der Waals surface area (Å²) in [5, 5.41) is 0. The van der Waals surface area contributed by atoms with Gasteiger partial charge in [0.25, 0.3) is 0 Å². The minimum absolute atomic E-state index is 0.181. The Hall–Kier alpha value is -0.00506. The third-order valence-electron chi connectivity index (χ3n) is 0.189. The van der Waals surface area contributed by atoms with Crippen LogP contribution in [0.4, 0.5) is 4.32 Å². The van der Waals surface area contributed by atoms with E-state index >= 15 is 0 Å². The van der Waals surface area contributed by atoms with Crippen molar-refractivity contribution in [2.24, 2.45) is 0 Å². The zero-order valence-corrected chi connectivity index (χ0v) is 2.79. The maximum atomic E-state index is 10.7. The van der Waals surface area contributed by atoms with Gasteiger partial charge < -0.3 is 4.32 Å². The molecule has 0 N–H and O–H groups in total. The standard InChI is InChI=1S/C2H6BF/c1-2-3-4/h3H,2H2,1H3. The highest BCUT2D eigenvalue weighted by Crippen LogP contribution is 1.67. The summed E-state index contributed by atoms with van der Waals surface area (Å²) >= 11 is 0. The van der Waals surface area contributed by atoms with Gasteiger partial charge in [0.05, 0.1) is 0 Å². The Bertz CT molecular complexity index is 8.00. The van der Waals surface area contributed by atoms with Crippen LogP contribution in [0.1, 0.15) is 6.92 Å². The lowest BCUT2D eigenvalue weighted by atomic mass is 10.0. The van der Waals surface area contributed by atoms with Gasteiger partial charge >= 0.3 is 7.56 Å². The van der Waals surface area contributed by atoms with E-state index in [1.165, 1.54) is 0 Å². The normalized spacial score (nSPS) is 6.50. The monoisotopic (exact) mass is 60.1 g/mol. The van der Waals surface area contributed by atoms with E-state index in [1.807, 2.05) is 0 Å². The fourth-order valence-corrected chi connectivity index (χ4v) is 0. The molecule has 24 valence electrons. The van der Waals surface area contributed by atoms with Crippen molar-refractivity contribution in [3.63, 3.8) is 0 Å². The molecule has 4 heavy (non-hydrogen) atoms. The average molecular weight is 59.9 g/mol. The van der Waals surface area contributed by atoms with Gasteiger partial charge in [0, 0.05) is 0 Å². The SMILES string of the molecule is CCBF. The number of halogens is 1. The summed E-state index contributed by atoms with van der Waals surface area (Å²) in [6, 6.07) is 0. The van der Waals surface area contributed by atoms with Gasteiger partial charge in [0.1, 0.15) is 0 Å². The second-order valence-corrected chi connectivity index (χ2v) is 0.689. The second kappa shape index (κ2) is 2.99. The van der Waals surface area contributed by atoms with E-state index in [9.17, 15) is 4.32 Å². The molecule has 0 aliphatic carbocycles. The second-order valence-electron chi connectivity index (χ2n) is 0.689. The molecule has 0 nitrogen and oxygen atoms in total. The van der Waals surface area contributed by atoms with Gasteiger partial charge in [0.15, 0.2) is 0 Å². The summed E-state index contributed by atoms with van der Waals surface area (Å²) in [7, 11) is -0.181. The molecule has 0 aromatic rings. The molecule has 0 unspecified atom stereocenters. The molecule has 0 amide bonds. The van der Waals surface area contributed by atoms with Crippen molar-refractivity contribution >= 4 is 7.56 Å². The number of hydrogen-bond donors (Lipinski definition) is 0. The van der Waals surface area contributed by atoms with Crippen molar-refractivity contribution in [3.8, 4) is 0 Å². The van der Waals surface area contributed by atoms with Crippen molar-refractivity contribution in [2.45, 2.75) is 13.2 Å². The molecule has 0 aliphatic rings. The quantitative estimate of drug-likeness (QED) is 0.391. The first-order valence-electron chi connectivity index (χ1n) is 1.47. The molecule has 0 radical (unpaired) electrons. The third-order valence-corrected chi connectivity index (χ3v) is 0.189. The van der Waals surface area contributed by atoms with Crippen LogP contribution in [0.25, 0.3) is 0 Å². The van der Waals surface area contributed by atoms with E-state index in [0.717, 1.165) is 0 Å². The zero-order valence-electron chi connectivity index (χ0n) is 2.79. The van der Waals surface area contributed by atoms with Crippen LogP contribution in [0, 0.1) is 0 Å². The van der Waals surface area contributed by atoms with E-state index in [4.69, 9.17) is 0 Å². The minimum Gasteiger partial charge on any atom is -0.341 e. The molecule has 0 spiro atoms. The molecule has 0 fully saturated rings. The third kappa shape index (κ3) is 1.99. The van der Waals surface area contributed by atoms with Crippen LogP contribution >= 0.6 is 0 Å². The summed E-state index contributed by atoms with van der Waals surface area (Å²) < 4.78 is 10.7. The van der Waals surface area contributed by atoms with Gasteiger partial charge in [-0.25, -0.2) is 0 Å². The highest BCUT2D eigenvalue weighted by molar-refractivity contribution is 6.25. The molecule has 0 aliphatic heterocycles. The Morgan fingerprint density at radius 1 is 2.00 bits per heavy atom. The lowest BCUT2D eigenvalue weighted by Gasteiger charge is -1.59. The number of hydrogen-bond acceptors (Lipinski definition) is 0. The molecular formula is C2H6BF. The van der Waals surface area contributed by atoms with Crippen LogP contribution in [0.5, 0.6) is 0 Å². The molecule has 0 atom stereocenters. The first-order chi connectivity index (χ1) is 1.91. The van der Waals surface area contributed by atoms with E-state index in [-0.39, 0.29) is 7.56 Å². The minimum atomic E-state index is -0.181. The maximum Gasteiger partial charge on any atom is 0.331 e. The molecule has 0 bridgehead atoms. The topological polar surface area (TPSA) is 0 Å². The largest absolute Gasteiger partial charge is 0.341 e. The first kappa shape index (κ1) is 3.99. The lowest BCUT2D eigenvalue weighted by Crippen LogP contribution is -1.64.